The topological polar surface area (TPSA) is 32.5 Å². The summed E-state index contributed by atoms with van der Waals surface area (Å²) in [6.07, 6.45) is 2.65. The maximum Gasteiger partial charge on any atom is 0.0604 e. The first kappa shape index (κ1) is 12.1. The third kappa shape index (κ3) is 2.06. The summed E-state index contributed by atoms with van der Waals surface area (Å²) < 4.78 is 0. The zero-order chi connectivity index (χ0) is 12.7. The molecule has 0 bridgehead atoms. The molecule has 2 saturated heterocycles. The minimum atomic E-state index is 0.517. The van der Waals surface area contributed by atoms with Gasteiger partial charge in [-0.2, -0.15) is 0 Å². The molecule has 1 aromatic rings. The van der Waals surface area contributed by atoms with Gasteiger partial charge in [0, 0.05) is 30.2 Å². The molecule has 0 amide bonds. The van der Waals surface area contributed by atoms with E-state index in [4.69, 9.17) is 17.3 Å². The second-order valence-electron chi connectivity index (χ2n) is 5.50. The van der Waals surface area contributed by atoms with Crippen molar-refractivity contribution in [3.63, 3.8) is 0 Å². The molecule has 2 fully saturated rings. The molecular formula is C14H20ClN3. The largest absolute Gasteiger partial charge is 0.397 e. The van der Waals surface area contributed by atoms with Crippen LogP contribution in [-0.2, 0) is 0 Å². The summed E-state index contributed by atoms with van der Waals surface area (Å²) in [6, 6.07) is 7.06. The predicted molar refractivity (Wildman–Crippen MR) is 77.3 cm³/mol. The van der Waals surface area contributed by atoms with E-state index in [-0.39, 0.29) is 0 Å². The van der Waals surface area contributed by atoms with E-state index < -0.39 is 0 Å². The van der Waals surface area contributed by atoms with E-state index in [9.17, 15) is 0 Å². The lowest BCUT2D eigenvalue weighted by Gasteiger charge is -2.44. The first-order valence-electron chi connectivity index (χ1n) is 6.71. The first-order valence-corrected chi connectivity index (χ1v) is 7.08. The Morgan fingerprint density at radius 2 is 2.17 bits per heavy atom. The van der Waals surface area contributed by atoms with Crippen molar-refractivity contribution in [1.29, 1.82) is 0 Å². The van der Waals surface area contributed by atoms with Gasteiger partial charge in [-0.3, -0.25) is 4.90 Å². The number of nitrogens with zero attached hydrogens (tertiary/aromatic N) is 2. The quantitative estimate of drug-likeness (QED) is 0.793. The molecule has 2 N–H and O–H groups in total. The Bertz CT molecular complexity index is 449. The van der Waals surface area contributed by atoms with E-state index in [0.29, 0.717) is 17.1 Å². The number of nitrogen functional groups attached to an aromatic ring is 1. The highest BCUT2D eigenvalue weighted by molar-refractivity contribution is 6.31. The molecule has 2 aliphatic heterocycles. The van der Waals surface area contributed by atoms with Gasteiger partial charge in [-0.15, -0.1) is 0 Å². The summed E-state index contributed by atoms with van der Waals surface area (Å²) in [6.45, 7) is 5.78. The van der Waals surface area contributed by atoms with E-state index in [2.05, 4.69) is 22.8 Å². The number of fused-ring (bicyclic) bond motifs is 1. The zero-order valence-corrected chi connectivity index (χ0v) is 11.5. The van der Waals surface area contributed by atoms with Crippen LogP contribution in [0.15, 0.2) is 18.2 Å². The Balaban J connectivity index is 1.86. The maximum atomic E-state index is 6.11. The molecule has 2 aliphatic rings. The number of halogens is 1. The summed E-state index contributed by atoms with van der Waals surface area (Å²) in [4.78, 5) is 5.06. The molecule has 0 saturated carbocycles. The molecular weight excluding hydrogens is 246 g/mol. The lowest BCUT2D eigenvalue weighted by atomic mass is 10.1. The molecule has 0 aliphatic carbocycles. The van der Waals surface area contributed by atoms with Gasteiger partial charge in [-0.1, -0.05) is 11.6 Å². The third-order valence-corrected chi connectivity index (χ3v) is 4.47. The van der Waals surface area contributed by atoms with Gasteiger partial charge in [0.15, 0.2) is 0 Å². The van der Waals surface area contributed by atoms with E-state index in [1.807, 2.05) is 12.1 Å². The van der Waals surface area contributed by atoms with Crippen LogP contribution < -0.4 is 10.6 Å². The number of nitrogens with two attached hydrogens (primary N) is 1. The summed E-state index contributed by atoms with van der Waals surface area (Å²) in [5.74, 6) is 0. The zero-order valence-electron chi connectivity index (χ0n) is 10.8. The van der Waals surface area contributed by atoms with E-state index in [1.165, 1.54) is 19.4 Å². The van der Waals surface area contributed by atoms with Gasteiger partial charge in [0.1, 0.15) is 0 Å². The van der Waals surface area contributed by atoms with Gasteiger partial charge >= 0.3 is 0 Å². The summed E-state index contributed by atoms with van der Waals surface area (Å²) in [5, 5.41) is 0.711. The standard InChI is InChI=1S/C14H20ClN3/c1-10-8-17-6-2-3-12(17)9-18(10)14-5-4-11(15)7-13(14)16/h4-5,7,10,12H,2-3,6,8-9,16H2,1H3. The number of piperazine rings is 1. The minimum Gasteiger partial charge on any atom is -0.397 e. The summed E-state index contributed by atoms with van der Waals surface area (Å²) in [7, 11) is 0. The van der Waals surface area contributed by atoms with Crippen molar-refractivity contribution in [2.75, 3.05) is 30.3 Å². The normalized spacial score (nSPS) is 28.4. The molecule has 18 heavy (non-hydrogen) atoms. The van der Waals surface area contributed by atoms with Gasteiger partial charge < -0.3 is 10.6 Å². The molecule has 2 atom stereocenters. The van der Waals surface area contributed by atoms with Gasteiger partial charge in [0.05, 0.1) is 11.4 Å². The van der Waals surface area contributed by atoms with E-state index >= 15 is 0 Å². The number of anilines is 2. The maximum absolute atomic E-state index is 6.11. The molecule has 4 heteroatoms. The van der Waals surface area contributed by atoms with E-state index in [1.54, 1.807) is 0 Å². The number of benzene rings is 1. The van der Waals surface area contributed by atoms with Crippen molar-refractivity contribution in [3.8, 4) is 0 Å². The van der Waals surface area contributed by atoms with Crippen LogP contribution >= 0.6 is 11.6 Å². The van der Waals surface area contributed by atoms with Crippen LogP contribution in [0, 0.1) is 0 Å². The van der Waals surface area contributed by atoms with Crippen LogP contribution in [0.5, 0.6) is 0 Å². The van der Waals surface area contributed by atoms with Crippen molar-refractivity contribution in [1.82, 2.24) is 4.90 Å². The molecule has 3 nitrogen and oxygen atoms in total. The SMILES string of the molecule is CC1CN2CCCC2CN1c1ccc(Cl)cc1N. The molecule has 0 spiro atoms. The van der Waals surface area contributed by atoms with Crippen LogP contribution in [0.3, 0.4) is 0 Å². The average Bonchev–Trinajstić information content (AvgIpc) is 2.75. The monoisotopic (exact) mass is 265 g/mol. The molecule has 0 radical (unpaired) electrons. The molecule has 0 aromatic heterocycles. The van der Waals surface area contributed by atoms with Gasteiger partial charge in [0.25, 0.3) is 0 Å². The Labute approximate surface area is 114 Å². The van der Waals surface area contributed by atoms with Crippen LogP contribution in [-0.4, -0.2) is 36.6 Å². The third-order valence-electron chi connectivity index (χ3n) is 4.24. The lowest BCUT2D eigenvalue weighted by molar-refractivity contribution is 0.203. The molecule has 3 rings (SSSR count). The highest BCUT2D eigenvalue weighted by Crippen LogP contribution is 2.33. The minimum absolute atomic E-state index is 0.517. The number of rotatable bonds is 1. The number of hydrogen-bond donors (Lipinski definition) is 1. The van der Waals surface area contributed by atoms with Crippen molar-refractivity contribution in [3.05, 3.63) is 23.2 Å². The van der Waals surface area contributed by atoms with Gasteiger partial charge in [-0.05, 0) is 44.5 Å². The smallest absolute Gasteiger partial charge is 0.0604 e. The fourth-order valence-electron chi connectivity index (χ4n) is 3.31. The average molecular weight is 266 g/mol. The summed E-state index contributed by atoms with van der Waals surface area (Å²) in [5.41, 5.74) is 8.04. The second kappa shape index (κ2) is 4.63. The Hall–Kier alpha value is -0.930. The Morgan fingerprint density at radius 1 is 1.33 bits per heavy atom. The van der Waals surface area contributed by atoms with Crippen molar-refractivity contribution in [2.45, 2.75) is 31.8 Å². The van der Waals surface area contributed by atoms with Crippen LogP contribution in [0.1, 0.15) is 19.8 Å². The Kier molecular flexibility index (Phi) is 3.12. The molecule has 2 heterocycles. The van der Waals surface area contributed by atoms with Crippen LogP contribution in [0.25, 0.3) is 0 Å². The predicted octanol–water partition coefficient (Wildman–Crippen LogP) is 2.60. The molecule has 1 aromatic carbocycles. The highest BCUT2D eigenvalue weighted by Gasteiger charge is 2.34. The fraction of sp³-hybridized carbons (Fsp3) is 0.571. The lowest BCUT2D eigenvalue weighted by Crippen LogP contribution is -2.55. The Morgan fingerprint density at radius 3 is 2.94 bits per heavy atom. The van der Waals surface area contributed by atoms with Gasteiger partial charge in [0.2, 0.25) is 0 Å². The van der Waals surface area contributed by atoms with Crippen molar-refractivity contribution in [2.24, 2.45) is 0 Å². The fourth-order valence-corrected chi connectivity index (χ4v) is 3.49. The van der Waals surface area contributed by atoms with Gasteiger partial charge in [-0.25, -0.2) is 0 Å². The summed E-state index contributed by atoms with van der Waals surface area (Å²) >= 11 is 5.97. The molecule has 2 unspecified atom stereocenters. The number of hydrogen-bond acceptors (Lipinski definition) is 3. The van der Waals surface area contributed by atoms with Crippen LogP contribution in [0.4, 0.5) is 11.4 Å². The highest BCUT2D eigenvalue weighted by atomic mass is 35.5. The van der Waals surface area contributed by atoms with Crippen LogP contribution in [0.2, 0.25) is 5.02 Å². The second-order valence-corrected chi connectivity index (χ2v) is 5.93. The van der Waals surface area contributed by atoms with Crippen molar-refractivity contribution < 1.29 is 0 Å². The molecule has 98 valence electrons. The van der Waals surface area contributed by atoms with E-state index in [0.717, 1.165) is 24.5 Å². The van der Waals surface area contributed by atoms with Crippen molar-refractivity contribution >= 4 is 23.0 Å². The first-order chi connectivity index (χ1) is 8.65.